The minimum Gasteiger partial charge on any atom is -0.472 e. The van der Waals surface area contributed by atoms with E-state index in [4.69, 9.17) is 4.74 Å². The van der Waals surface area contributed by atoms with Gasteiger partial charge in [0.25, 0.3) is 0 Å². The van der Waals surface area contributed by atoms with Crippen LogP contribution in [0.4, 0.5) is 13.2 Å². The largest absolute Gasteiger partial charge is 0.573 e. The van der Waals surface area contributed by atoms with Crippen LogP contribution in [0, 0.1) is 6.92 Å². The van der Waals surface area contributed by atoms with Crippen LogP contribution in [0.25, 0.3) is 0 Å². The van der Waals surface area contributed by atoms with Crippen molar-refractivity contribution in [2.45, 2.75) is 37.1 Å². The fourth-order valence-corrected chi connectivity index (χ4v) is 4.48. The zero-order valence-electron chi connectivity index (χ0n) is 14.9. The summed E-state index contributed by atoms with van der Waals surface area (Å²) in [6.07, 6.45) is -4.41. The van der Waals surface area contributed by atoms with Gasteiger partial charge in [0.15, 0.2) is 0 Å². The van der Waals surface area contributed by atoms with E-state index in [0.717, 1.165) is 16.4 Å². The van der Waals surface area contributed by atoms with Gasteiger partial charge < -0.3 is 9.47 Å². The average Bonchev–Trinajstić information content (AvgIpc) is 2.63. The van der Waals surface area contributed by atoms with Crippen LogP contribution in [0.3, 0.4) is 0 Å². The van der Waals surface area contributed by atoms with Gasteiger partial charge in [0, 0.05) is 12.6 Å². The predicted molar refractivity (Wildman–Crippen MR) is 92.3 cm³/mol. The SMILES string of the molecule is Cc1ccc(OC2CCCN(S(=O)(=O)c3ccccc3OC(F)(F)F)C2)nn1. The molecule has 152 valence electrons. The highest BCUT2D eigenvalue weighted by Crippen LogP contribution is 2.32. The highest BCUT2D eigenvalue weighted by atomic mass is 32.2. The number of nitrogens with zero attached hydrogens (tertiary/aromatic N) is 3. The number of ether oxygens (including phenoxy) is 2. The number of sulfonamides is 1. The lowest BCUT2D eigenvalue weighted by atomic mass is 10.1. The lowest BCUT2D eigenvalue weighted by Gasteiger charge is -2.32. The molecule has 1 aliphatic heterocycles. The van der Waals surface area contributed by atoms with Gasteiger partial charge in [0.2, 0.25) is 15.9 Å². The van der Waals surface area contributed by atoms with Crippen molar-refractivity contribution in [3.05, 3.63) is 42.1 Å². The fourth-order valence-electron chi connectivity index (χ4n) is 2.85. The first-order chi connectivity index (χ1) is 13.1. The molecule has 3 rings (SSSR count). The molecular weight excluding hydrogens is 399 g/mol. The number of alkyl halides is 3. The van der Waals surface area contributed by atoms with Gasteiger partial charge in [-0.3, -0.25) is 0 Å². The predicted octanol–water partition coefficient (Wildman–Crippen LogP) is 2.92. The van der Waals surface area contributed by atoms with Crippen LogP contribution in [0.2, 0.25) is 0 Å². The smallest absolute Gasteiger partial charge is 0.472 e. The Morgan fingerprint density at radius 1 is 1.14 bits per heavy atom. The molecule has 0 radical (unpaired) electrons. The van der Waals surface area contributed by atoms with Crippen LogP contribution in [-0.2, 0) is 10.0 Å². The Morgan fingerprint density at radius 3 is 2.57 bits per heavy atom. The molecule has 11 heteroatoms. The molecular formula is C17H18F3N3O4S. The molecule has 1 aliphatic rings. The Balaban J connectivity index is 1.79. The molecule has 0 amide bonds. The fraction of sp³-hybridized carbons (Fsp3) is 0.412. The molecule has 0 saturated carbocycles. The molecule has 1 aromatic carbocycles. The van der Waals surface area contributed by atoms with Crippen LogP contribution in [-0.4, -0.2) is 48.5 Å². The number of hydrogen-bond donors (Lipinski definition) is 0. The van der Waals surface area contributed by atoms with Gasteiger partial charge in [-0.05, 0) is 38.0 Å². The number of para-hydroxylation sites is 1. The third-order valence-corrected chi connectivity index (χ3v) is 6.00. The summed E-state index contributed by atoms with van der Waals surface area (Å²) in [6, 6.07) is 8.02. The lowest BCUT2D eigenvalue weighted by molar-refractivity contribution is -0.275. The molecule has 1 atom stereocenters. The maximum absolute atomic E-state index is 12.9. The van der Waals surface area contributed by atoms with Gasteiger partial charge in [-0.15, -0.1) is 18.3 Å². The molecule has 0 N–H and O–H groups in total. The minimum atomic E-state index is -5.00. The molecule has 0 spiro atoms. The summed E-state index contributed by atoms with van der Waals surface area (Å²) in [6.45, 7) is 1.92. The highest BCUT2D eigenvalue weighted by molar-refractivity contribution is 7.89. The average molecular weight is 417 g/mol. The summed E-state index contributed by atoms with van der Waals surface area (Å²) in [5.41, 5.74) is 0.710. The van der Waals surface area contributed by atoms with E-state index in [1.807, 2.05) is 0 Å². The Bertz CT molecular complexity index is 920. The number of benzene rings is 1. The third-order valence-electron chi connectivity index (χ3n) is 4.09. The van der Waals surface area contributed by atoms with E-state index in [1.54, 1.807) is 19.1 Å². The molecule has 0 bridgehead atoms. The minimum absolute atomic E-state index is 0.0156. The first kappa shape index (κ1) is 20.3. The van der Waals surface area contributed by atoms with E-state index >= 15 is 0 Å². The zero-order chi connectivity index (χ0) is 20.4. The maximum Gasteiger partial charge on any atom is 0.573 e. The van der Waals surface area contributed by atoms with Crippen LogP contribution in [0.1, 0.15) is 18.5 Å². The van der Waals surface area contributed by atoms with E-state index in [0.29, 0.717) is 18.5 Å². The number of rotatable bonds is 5. The second-order valence-electron chi connectivity index (χ2n) is 6.25. The number of aromatic nitrogens is 2. The quantitative estimate of drug-likeness (QED) is 0.744. The van der Waals surface area contributed by atoms with Crippen molar-refractivity contribution in [2.24, 2.45) is 0 Å². The van der Waals surface area contributed by atoms with Crippen molar-refractivity contribution in [1.82, 2.24) is 14.5 Å². The second-order valence-corrected chi connectivity index (χ2v) is 8.16. The summed E-state index contributed by atoms with van der Waals surface area (Å²) in [5.74, 6) is -0.502. The molecule has 1 saturated heterocycles. The first-order valence-corrected chi connectivity index (χ1v) is 9.91. The van der Waals surface area contributed by atoms with Crippen molar-refractivity contribution in [2.75, 3.05) is 13.1 Å². The number of hydrogen-bond acceptors (Lipinski definition) is 6. The molecule has 2 heterocycles. The van der Waals surface area contributed by atoms with Gasteiger partial charge >= 0.3 is 6.36 Å². The second kappa shape index (κ2) is 7.92. The molecule has 1 fully saturated rings. The van der Waals surface area contributed by atoms with Gasteiger partial charge in [-0.2, -0.15) is 9.40 Å². The monoisotopic (exact) mass is 417 g/mol. The van der Waals surface area contributed by atoms with E-state index in [1.165, 1.54) is 12.1 Å². The van der Waals surface area contributed by atoms with E-state index < -0.39 is 33.1 Å². The summed E-state index contributed by atoms with van der Waals surface area (Å²) in [7, 11) is -4.20. The lowest BCUT2D eigenvalue weighted by Crippen LogP contribution is -2.44. The van der Waals surface area contributed by atoms with Crippen LogP contribution in [0.15, 0.2) is 41.3 Å². The normalized spacial score (nSPS) is 18.6. The topological polar surface area (TPSA) is 81.6 Å². The van der Waals surface area contributed by atoms with Crippen molar-refractivity contribution in [3.8, 4) is 11.6 Å². The third kappa shape index (κ3) is 4.90. The van der Waals surface area contributed by atoms with E-state index in [2.05, 4.69) is 14.9 Å². The zero-order valence-corrected chi connectivity index (χ0v) is 15.7. The highest BCUT2D eigenvalue weighted by Gasteiger charge is 2.37. The molecule has 0 aliphatic carbocycles. The Labute approximate surface area is 160 Å². The van der Waals surface area contributed by atoms with Gasteiger partial charge in [0.1, 0.15) is 16.7 Å². The molecule has 1 aromatic heterocycles. The van der Waals surface area contributed by atoms with E-state index in [9.17, 15) is 21.6 Å². The van der Waals surface area contributed by atoms with Crippen molar-refractivity contribution in [1.29, 1.82) is 0 Å². The Hall–Kier alpha value is -2.40. The maximum atomic E-state index is 12.9. The summed E-state index contributed by atoms with van der Waals surface area (Å²) < 4.78 is 74.4. The van der Waals surface area contributed by atoms with Crippen LogP contribution in [0.5, 0.6) is 11.6 Å². The Morgan fingerprint density at radius 2 is 1.89 bits per heavy atom. The standard InChI is InChI=1S/C17H18F3N3O4S/c1-12-8-9-16(22-21-12)26-13-5-4-10-23(11-13)28(24,25)15-7-3-2-6-14(15)27-17(18,19)20/h2-3,6-9,13H,4-5,10-11H2,1H3. The number of piperidine rings is 1. The summed E-state index contributed by atoms with van der Waals surface area (Å²) in [4.78, 5) is -0.539. The molecule has 28 heavy (non-hydrogen) atoms. The molecule has 1 unspecified atom stereocenters. The molecule has 7 nitrogen and oxygen atoms in total. The van der Waals surface area contributed by atoms with Crippen LogP contribution < -0.4 is 9.47 Å². The summed E-state index contributed by atoms with van der Waals surface area (Å²) >= 11 is 0. The van der Waals surface area contributed by atoms with Crippen molar-refractivity contribution < 1.29 is 31.1 Å². The Kier molecular flexibility index (Phi) is 5.75. The first-order valence-electron chi connectivity index (χ1n) is 8.47. The molecule has 2 aromatic rings. The van der Waals surface area contributed by atoms with Gasteiger partial charge in [-0.1, -0.05) is 12.1 Å². The van der Waals surface area contributed by atoms with Crippen molar-refractivity contribution >= 4 is 10.0 Å². The van der Waals surface area contributed by atoms with E-state index in [-0.39, 0.29) is 19.0 Å². The van der Waals surface area contributed by atoms with Crippen molar-refractivity contribution in [3.63, 3.8) is 0 Å². The van der Waals surface area contributed by atoms with Gasteiger partial charge in [-0.25, -0.2) is 8.42 Å². The van der Waals surface area contributed by atoms with Gasteiger partial charge in [0.05, 0.1) is 12.2 Å². The number of halogens is 3. The number of aryl methyl sites for hydroxylation is 1. The van der Waals surface area contributed by atoms with Crippen LogP contribution >= 0.6 is 0 Å². The summed E-state index contributed by atoms with van der Waals surface area (Å²) in [5, 5.41) is 7.76.